The van der Waals surface area contributed by atoms with Gasteiger partial charge in [0.15, 0.2) is 0 Å². The topological polar surface area (TPSA) is 35.0 Å². The lowest BCUT2D eigenvalue weighted by atomic mass is 9.95. The molecule has 2 aromatic heterocycles. The molecule has 1 aliphatic rings. The van der Waals surface area contributed by atoms with Crippen LogP contribution < -0.4 is 0 Å². The summed E-state index contributed by atoms with van der Waals surface area (Å²) in [7, 11) is 0. The van der Waals surface area contributed by atoms with Gasteiger partial charge < -0.3 is 4.74 Å². The minimum absolute atomic E-state index is 0.554. The molecule has 1 aliphatic heterocycles. The van der Waals surface area contributed by atoms with Crippen LogP contribution in [0.1, 0.15) is 24.2 Å². The maximum absolute atomic E-state index is 6.01. The van der Waals surface area contributed by atoms with Gasteiger partial charge in [-0.15, -0.1) is 11.3 Å². The second-order valence-corrected chi connectivity index (χ2v) is 7.87. The van der Waals surface area contributed by atoms with Crippen molar-refractivity contribution in [3.05, 3.63) is 46.7 Å². The van der Waals surface area contributed by atoms with E-state index in [4.69, 9.17) is 16.3 Å². The van der Waals surface area contributed by atoms with E-state index >= 15 is 0 Å². The number of rotatable bonds is 3. The van der Waals surface area contributed by atoms with Crippen molar-refractivity contribution in [1.82, 2.24) is 10.2 Å². The van der Waals surface area contributed by atoms with Crippen LogP contribution in [-0.2, 0) is 11.2 Å². The van der Waals surface area contributed by atoms with E-state index in [2.05, 4.69) is 28.4 Å². The van der Waals surface area contributed by atoms with Crippen LogP contribution in [0, 0.1) is 12.8 Å². The number of halogens is 1. The molecule has 0 bridgehead atoms. The number of benzene rings is 1. The van der Waals surface area contributed by atoms with E-state index < -0.39 is 0 Å². The molecule has 4 rings (SSSR count). The van der Waals surface area contributed by atoms with Crippen molar-refractivity contribution in [2.24, 2.45) is 5.92 Å². The molecule has 0 radical (unpaired) electrons. The van der Waals surface area contributed by atoms with E-state index in [9.17, 15) is 0 Å². The summed E-state index contributed by atoms with van der Waals surface area (Å²) in [4.78, 5) is 1.24. The van der Waals surface area contributed by atoms with Crippen LogP contribution in [0.15, 0.2) is 30.3 Å². The van der Waals surface area contributed by atoms with Gasteiger partial charge in [-0.3, -0.25) is 0 Å². The van der Waals surface area contributed by atoms with Gasteiger partial charge in [-0.25, -0.2) is 0 Å². The Hall–Kier alpha value is -1.49. The highest BCUT2D eigenvalue weighted by Crippen LogP contribution is 2.37. The first kappa shape index (κ1) is 16.0. The lowest BCUT2D eigenvalue weighted by Gasteiger charge is -2.21. The van der Waals surface area contributed by atoms with E-state index in [1.165, 1.54) is 26.9 Å². The van der Waals surface area contributed by atoms with Crippen molar-refractivity contribution in [2.75, 3.05) is 13.2 Å². The molecule has 1 fully saturated rings. The fourth-order valence-electron chi connectivity index (χ4n) is 3.26. The average Bonchev–Trinajstić information content (AvgIpc) is 3.05. The first-order valence-electron chi connectivity index (χ1n) is 8.30. The van der Waals surface area contributed by atoms with Crippen LogP contribution in [0.25, 0.3) is 20.5 Å². The Kier molecular flexibility index (Phi) is 4.53. The summed E-state index contributed by atoms with van der Waals surface area (Å²) >= 11 is 7.79. The van der Waals surface area contributed by atoms with Gasteiger partial charge >= 0.3 is 0 Å². The van der Waals surface area contributed by atoms with Crippen molar-refractivity contribution in [1.29, 1.82) is 0 Å². The standard InChI is InChI=1S/C19H19ClN2OS/c1-12-19-16(10-18(24-19)14-4-6-15(20)7-5-14)17(22-21-12)9-13-3-2-8-23-11-13/h4-7,10,13H,2-3,8-9,11H2,1H3. The zero-order valence-electron chi connectivity index (χ0n) is 13.6. The zero-order chi connectivity index (χ0) is 16.5. The van der Waals surface area contributed by atoms with Crippen LogP contribution >= 0.6 is 22.9 Å². The Balaban J connectivity index is 1.72. The molecule has 1 unspecified atom stereocenters. The Morgan fingerprint density at radius 3 is 2.83 bits per heavy atom. The molecule has 3 nitrogen and oxygen atoms in total. The Labute approximate surface area is 150 Å². The van der Waals surface area contributed by atoms with Crippen LogP contribution in [0.2, 0.25) is 5.02 Å². The number of aryl methyl sites for hydroxylation is 1. The normalized spacial score (nSPS) is 18.2. The predicted octanol–water partition coefficient (Wildman–Crippen LogP) is 5.29. The zero-order valence-corrected chi connectivity index (χ0v) is 15.2. The highest BCUT2D eigenvalue weighted by molar-refractivity contribution is 7.22. The molecular formula is C19H19ClN2OS. The van der Waals surface area contributed by atoms with Crippen molar-refractivity contribution < 1.29 is 4.74 Å². The highest BCUT2D eigenvalue weighted by atomic mass is 35.5. The maximum atomic E-state index is 6.01. The van der Waals surface area contributed by atoms with Gasteiger partial charge in [-0.2, -0.15) is 10.2 Å². The minimum atomic E-state index is 0.554. The van der Waals surface area contributed by atoms with Crippen LogP contribution in [-0.4, -0.2) is 23.4 Å². The molecular weight excluding hydrogens is 340 g/mol. The van der Waals surface area contributed by atoms with E-state index in [-0.39, 0.29) is 0 Å². The summed E-state index contributed by atoms with van der Waals surface area (Å²) < 4.78 is 6.86. The third-order valence-corrected chi connectivity index (χ3v) is 6.10. The summed E-state index contributed by atoms with van der Waals surface area (Å²) in [6.45, 7) is 3.76. The number of hydrogen-bond donors (Lipinski definition) is 0. The van der Waals surface area contributed by atoms with Crippen molar-refractivity contribution in [2.45, 2.75) is 26.2 Å². The molecule has 124 valence electrons. The van der Waals surface area contributed by atoms with Crippen molar-refractivity contribution in [3.63, 3.8) is 0 Å². The second kappa shape index (κ2) is 6.79. The van der Waals surface area contributed by atoms with Gasteiger partial charge in [0.05, 0.1) is 16.1 Å². The van der Waals surface area contributed by atoms with Gasteiger partial charge in [-0.1, -0.05) is 23.7 Å². The van der Waals surface area contributed by atoms with Crippen molar-refractivity contribution in [3.8, 4) is 10.4 Å². The molecule has 1 atom stereocenters. The van der Waals surface area contributed by atoms with Gasteiger partial charge in [0.1, 0.15) is 0 Å². The fraction of sp³-hybridized carbons (Fsp3) is 0.368. The van der Waals surface area contributed by atoms with Gasteiger partial charge in [0.2, 0.25) is 0 Å². The number of aromatic nitrogens is 2. The van der Waals surface area contributed by atoms with Crippen molar-refractivity contribution >= 4 is 33.0 Å². The molecule has 3 aromatic rings. The van der Waals surface area contributed by atoms with Gasteiger partial charge in [0.25, 0.3) is 0 Å². The van der Waals surface area contributed by atoms with E-state index in [0.29, 0.717) is 5.92 Å². The molecule has 24 heavy (non-hydrogen) atoms. The molecule has 0 aliphatic carbocycles. The fourth-order valence-corrected chi connectivity index (χ4v) is 4.51. The van der Waals surface area contributed by atoms with E-state index in [1.807, 2.05) is 19.1 Å². The maximum Gasteiger partial charge on any atom is 0.0778 e. The molecule has 0 spiro atoms. The Bertz CT molecular complexity index is 854. The van der Waals surface area contributed by atoms with Crippen LogP contribution in [0.3, 0.4) is 0 Å². The monoisotopic (exact) mass is 358 g/mol. The quantitative estimate of drug-likeness (QED) is 0.638. The first-order chi connectivity index (χ1) is 11.7. The number of fused-ring (bicyclic) bond motifs is 1. The van der Waals surface area contributed by atoms with Crippen LogP contribution in [0.5, 0.6) is 0 Å². The molecule has 1 aromatic carbocycles. The molecule has 3 heterocycles. The summed E-state index contributed by atoms with van der Waals surface area (Å²) in [6, 6.07) is 10.3. The Morgan fingerprint density at radius 2 is 2.08 bits per heavy atom. The highest BCUT2D eigenvalue weighted by Gasteiger charge is 2.19. The van der Waals surface area contributed by atoms with E-state index in [1.54, 1.807) is 11.3 Å². The second-order valence-electron chi connectivity index (χ2n) is 6.38. The smallest absolute Gasteiger partial charge is 0.0778 e. The third-order valence-electron chi connectivity index (χ3n) is 4.56. The number of hydrogen-bond acceptors (Lipinski definition) is 4. The van der Waals surface area contributed by atoms with Gasteiger partial charge in [0, 0.05) is 28.5 Å². The van der Waals surface area contributed by atoms with Gasteiger partial charge in [-0.05, 0) is 55.9 Å². The molecule has 0 N–H and O–H groups in total. The predicted molar refractivity (Wildman–Crippen MR) is 99.8 cm³/mol. The third kappa shape index (κ3) is 3.18. The summed E-state index contributed by atoms with van der Waals surface area (Å²) in [5.41, 5.74) is 3.29. The minimum Gasteiger partial charge on any atom is -0.381 e. The molecule has 0 amide bonds. The lowest BCUT2D eigenvalue weighted by molar-refractivity contribution is 0.0547. The average molecular weight is 359 g/mol. The number of nitrogens with zero attached hydrogens (tertiary/aromatic N) is 2. The molecule has 0 saturated carbocycles. The summed E-state index contributed by atoms with van der Waals surface area (Å²) in [6.07, 6.45) is 3.30. The molecule has 1 saturated heterocycles. The number of ether oxygens (including phenoxy) is 1. The van der Waals surface area contributed by atoms with E-state index in [0.717, 1.165) is 42.5 Å². The summed E-state index contributed by atoms with van der Waals surface area (Å²) in [5.74, 6) is 0.554. The largest absolute Gasteiger partial charge is 0.381 e. The SMILES string of the molecule is Cc1nnc(CC2CCCOC2)c2cc(-c3ccc(Cl)cc3)sc12. The van der Waals surface area contributed by atoms with Crippen LogP contribution in [0.4, 0.5) is 0 Å². The number of thiophene rings is 1. The first-order valence-corrected chi connectivity index (χ1v) is 9.49. The lowest BCUT2D eigenvalue weighted by Crippen LogP contribution is -2.20. The molecule has 5 heteroatoms. The Morgan fingerprint density at radius 1 is 1.25 bits per heavy atom. The summed E-state index contributed by atoms with van der Waals surface area (Å²) in [5, 5.41) is 10.9.